The number of nitrogens with one attached hydrogen (secondary N) is 4. The van der Waals surface area contributed by atoms with Gasteiger partial charge in [0, 0.05) is 85.7 Å². The fraction of sp³-hybridized carbons (Fsp3) is 0.333. The SMILES string of the molecule is Cc1cnc(Nc2ccc(N3CCN(Cc4ccc(N5CCC(=O)NC5=O)cc4)CC3)cc2)nc1Nc1cccc(S(=O)(=O)NC(C)(C)C)c1. The standard InChI is InChI=1S/C36H43N9O4S/c1-25-23-37-34(41-33(25)38-28-6-5-7-31(22-28)50(48,49)42-36(2,3)4)39-27-10-14-29(15-11-27)44-20-18-43(19-21-44)24-26-8-12-30(13-9-26)45-17-16-32(46)40-35(45)47/h5-15,22-23,42H,16-21,24H2,1-4H3,(H,40,46,47)(H2,37,38,39,41). The number of urea groups is 1. The second-order valence-electron chi connectivity index (χ2n) is 13.6. The first-order valence-electron chi connectivity index (χ1n) is 16.6. The Labute approximate surface area is 293 Å². The predicted molar refractivity (Wildman–Crippen MR) is 196 cm³/mol. The number of hydrogen-bond donors (Lipinski definition) is 4. The summed E-state index contributed by atoms with van der Waals surface area (Å²) in [7, 11) is -3.69. The lowest BCUT2D eigenvalue weighted by Gasteiger charge is -2.36. The van der Waals surface area contributed by atoms with Crippen LogP contribution in [-0.4, -0.2) is 73.5 Å². The van der Waals surface area contributed by atoms with E-state index in [0.717, 1.165) is 55.3 Å². The van der Waals surface area contributed by atoms with E-state index in [1.165, 1.54) is 5.56 Å². The molecule has 0 atom stereocenters. The van der Waals surface area contributed by atoms with Crippen molar-refractivity contribution in [1.29, 1.82) is 0 Å². The average molecular weight is 698 g/mol. The molecular formula is C36H43N9O4S. The second kappa shape index (κ2) is 14.4. The number of sulfonamides is 1. The molecule has 0 saturated carbocycles. The number of imide groups is 1. The summed E-state index contributed by atoms with van der Waals surface area (Å²) in [6, 6.07) is 22.4. The first kappa shape index (κ1) is 34.8. The average Bonchev–Trinajstić information content (AvgIpc) is 3.07. The lowest BCUT2D eigenvalue weighted by atomic mass is 10.1. The van der Waals surface area contributed by atoms with Crippen LogP contribution in [0.3, 0.4) is 0 Å². The fourth-order valence-electron chi connectivity index (χ4n) is 5.87. The zero-order valence-electron chi connectivity index (χ0n) is 28.7. The van der Waals surface area contributed by atoms with Crippen LogP contribution in [0.5, 0.6) is 0 Å². The van der Waals surface area contributed by atoms with Crippen LogP contribution in [0, 0.1) is 6.92 Å². The Morgan fingerprint density at radius 3 is 2.22 bits per heavy atom. The Hall–Kier alpha value is -5.05. The lowest BCUT2D eigenvalue weighted by Crippen LogP contribution is -2.49. The van der Waals surface area contributed by atoms with Crippen molar-refractivity contribution in [2.24, 2.45) is 0 Å². The van der Waals surface area contributed by atoms with E-state index in [4.69, 9.17) is 0 Å². The molecule has 1 aromatic heterocycles. The molecule has 2 aliphatic heterocycles. The minimum Gasteiger partial charge on any atom is -0.369 e. The van der Waals surface area contributed by atoms with E-state index >= 15 is 0 Å². The number of aromatic nitrogens is 2. The van der Waals surface area contributed by atoms with Crippen LogP contribution in [0.1, 0.15) is 38.3 Å². The molecule has 0 unspecified atom stereocenters. The topological polar surface area (TPSA) is 152 Å². The third-order valence-corrected chi connectivity index (χ3v) is 10.1. The molecule has 262 valence electrons. The molecule has 2 fully saturated rings. The van der Waals surface area contributed by atoms with E-state index in [2.05, 4.69) is 52.6 Å². The van der Waals surface area contributed by atoms with E-state index in [9.17, 15) is 18.0 Å². The number of aryl methyl sites for hydroxylation is 1. The molecule has 3 amide bonds. The van der Waals surface area contributed by atoms with Gasteiger partial charge in [-0.1, -0.05) is 18.2 Å². The molecule has 4 N–H and O–H groups in total. The van der Waals surface area contributed by atoms with Crippen LogP contribution in [-0.2, 0) is 21.4 Å². The number of anilines is 6. The van der Waals surface area contributed by atoms with Crippen LogP contribution < -0.4 is 30.5 Å². The zero-order chi connectivity index (χ0) is 35.5. The highest BCUT2D eigenvalue weighted by molar-refractivity contribution is 7.89. The minimum absolute atomic E-state index is 0.167. The molecular weight excluding hydrogens is 655 g/mol. The molecule has 6 rings (SSSR count). The predicted octanol–water partition coefficient (Wildman–Crippen LogP) is 5.12. The maximum absolute atomic E-state index is 12.9. The van der Waals surface area contributed by atoms with Gasteiger partial charge in [0.15, 0.2) is 0 Å². The Morgan fingerprint density at radius 1 is 0.840 bits per heavy atom. The molecule has 0 bridgehead atoms. The molecule has 13 nitrogen and oxygen atoms in total. The third kappa shape index (κ3) is 8.75. The smallest absolute Gasteiger partial charge is 0.328 e. The summed E-state index contributed by atoms with van der Waals surface area (Å²) < 4.78 is 28.4. The van der Waals surface area contributed by atoms with E-state index in [1.807, 2.05) is 43.3 Å². The number of rotatable bonds is 10. The first-order valence-corrected chi connectivity index (χ1v) is 18.1. The van der Waals surface area contributed by atoms with Gasteiger partial charge in [-0.15, -0.1) is 0 Å². The van der Waals surface area contributed by atoms with E-state index in [-0.39, 0.29) is 16.8 Å². The number of hydrogen-bond acceptors (Lipinski definition) is 10. The molecule has 50 heavy (non-hydrogen) atoms. The number of carbonyl (C=O) groups excluding carboxylic acids is 2. The molecule has 14 heteroatoms. The van der Waals surface area contributed by atoms with Crippen molar-refractivity contribution >= 4 is 56.5 Å². The van der Waals surface area contributed by atoms with Crippen molar-refractivity contribution in [3.05, 3.63) is 90.1 Å². The highest BCUT2D eigenvalue weighted by atomic mass is 32.2. The maximum atomic E-state index is 12.9. The summed E-state index contributed by atoms with van der Waals surface area (Å²) in [6.07, 6.45) is 2.03. The van der Waals surface area contributed by atoms with Gasteiger partial charge >= 0.3 is 6.03 Å². The van der Waals surface area contributed by atoms with Gasteiger partial charge in [-0.3, -0.25) is 19.9 Å². The van der Waals surface area contributed by atoms with Crippen molar-refractivity contribution in [3.8, 4) is 0 Å². The molecule has 3 heterocycles. The molecule has 0 spiro atoms. The zero-order valence-corrected chi connectivity index (χ0v) is 29.5. The second-order valence-corrected chi connectivity index (χ2v) is 15.3. The number of benzene rings is 3. The fourth-order valence-corrected chi connectivity index (χ4v) is 7.33. The van der Waals surface area contributed by atoms with Gasteiger partial charge < -0.3 is 15.5 Å². The van der Waals surface area contributed by atoms with Crippen LogP contribution in [0.4, 0.5) is 39.3 Å². The van der Waals surface area contributed by atoms with Gasteiger partial charge in [0.05, 0.1) is 4.90 Å². The van der Waals surface area contributed by atoms with Crippen LogP contribution in [0.2, 0.25) is 0 Å². The first-order chi connectivity index (χ1) is 23.8. The third-order valence-electron chi connectivity index (χ3n) is 8.39. The van der Waals surface area contributed by atoms with Gasteiger partial charge in [-0.2, -0.15) is 4.98 Å². The van der Waals surface area contributed by atoms with E-state index < -0.39 is 15.6 Å². The van der Waals surface area contributed by atoms with Gasteiger partial charge in [-0.05, 0) is 87.9 Å². The van der Waals surface area contributed by atoms with Crippen molar-refractivity contribution in [2.75, 3.05) is 53.2 Å². The van der Waals surface area contributed by atoms with Gasteiger partial charge in [0.1, 0.15) is 5.82 Å². The number of amides is 3. The highest BCUT2D eigenvalue weighted by Crippen LogP contribution is 2.26. The number of carbonyl (C=O) groups is 2. The van der Waals surface area contributed by atoms with E-state index in [1.54, 1.807) is 56.1 Å². The van der Waals surface area contributed by atoms with Crippen molar-refractivity contribution in [3.63, 3.8) is 0 Å². The largest absolute Gasteiger partial charge is 0.369 e. The molecule has 2 saturated heterocycles. The van der Waals surface area contributed by atoms with Crippen LogP contribution in [0.25, 0.3) is 0 Å². The summed E-state index contributed by atoms with van der Waals surface area (Å²) in [5.41, 5.74) is 4.77. The van der Waals surface area contributed by atoms with Crippen molar-refractivity contribution < 1.29 is 18.0 Å². The highest BCUT2D eigenvalue weighted by Gasteiger charge is 2.25. The summed E-state index contributed by atoms with van der Waals surface area (Å²) >= 11 is 0. The lowest BCUT2D eigenvalue weighted by molar-refractivity contribution is -0.120. The molecule has 3 aromatic carbocycles. The normalized spacial score (nSPS) is 15.9. The minimum atomic E-state index is -3.69. The van der Waals surface area contributed by atoms with E-state index in [0.29, 0.717) is 30.4 Å². The molecule has 2 aliphatic rings. The Kier molecular flexibility index (Phi) is 10.0. The van der Waals surface area contributed by atoms with Gasteiger partial charge in [0.2, 0.25) is 21.9 Å². The maximum Gasteiger partial charge on any atom is 0.328 e. The summed E-state index contributed by atoms with van der Waals surface area (Å²) in [4.78, 5) is 39.3. The Bertz CT molecular complexity index is 1960. The Morgan fingerprint density at radius 2 is 1.54 bits per heavy atom. The summed E-state index contributed by atoms with van der Waals surface area (Å²) in [6.45, 7) is 12.2. The van der Waals surface area contributed by atoms with Gasteiger partial charge in [0.25, 0.3) is 0 Å². The monoisotopic (exact) mass is 697 g/mol. The number of piperazine rings is 1. The molecule has 0 radical (unpaired) electrons. The van der Waals surface area contributed by atoms with Gasteiger partial charge in [-0.25, -0.2) is 22.9 Å². The van der Waals surface area contributed by atoms with Crippen LogP contribution in [0.15, 0.2) is 83.9 Å². The van der Waals surface area contributed by atoms with Crippen molar-refractivity contribution in [2.45, 2.75) is 51.1 Å². The number of nitrogens with zero attached hydrogens (tertiary/aromatic N) is 5. The molecule has 4 aromatic rings. The van der Waals surface area contributed by atoms with Crippen molar-refractivity contribution in [1.82, 2.24) is 24.9 Å². The Balaban J connectivity index is 1.01. The summed E-state index contributed by atoms with van der Waals surface area (Å²) in [5, 5.41) is 8.89. The van der Waals surface area contributed by atoms with Crippen LogP contribution >= 0.6 is 0 Å². The molecule has 0 aliphatic carbocycles. The quantitative estimate of drug-likeness (QED) is 0.176. The summed E-state index contributed by atoms with van der Waals surface area (Å²) in [5.74, 6) is 0.750.